The van der Waals surface area contributed by atoms with Crippen LogP contribution in [0.3, 0.4) is 0 Å². The molecule has 0 aromatic heterocycles. The van der Waals surface area contributed by atoms with Crippen LogP contribution >= 0.6 is 0 Å². The minimum Gasteiger partial charge on any atom is -0.497 e. The summed E-state index contributed by atoms with van der Waals surface area (Å²) in [4.78, 5) is 15.3. The number of likely N-dealkylation sites (tertiary alicyclic amines) is 1. The van der Waals surface area contributed by atoms with Gasteiger partial charge in [0.05, 0.1) is 26.2 Å². The van der Waals surface area contributed by atoms with Crippen molar-refractivity contribution in [2.24, 2.45) is 5.92 Å². The molecule has 8 nitrogen and oxygen atoms in total. The van der Waals surface area contributed by atoms with Crippen molar-refractivity contribution in [2.75, 3.05) is 40.0 Å². The number of hydrogen-bond donors (Lipinski definition) is 2. The largest absolute Gasteiger partial charge is 0.497 e. The molecule has 5 rings (SSSR count). The molecule has 2 aromatic rings. The Morgan fingerprint density at radius 2 is 1.89 bits per heavy atom. The fourth-order valence-corrected chi connectivity index (χ4v) is 5.42. The Kier molecular flexibility index (Phi) is 7.29. The summed E-state index contributed by atoms with van der Waals surface area (Å²) in [6, 6.07) is 12.9. The van der Waals surface area contributed by atoms with Crippen LogP contribution in [0, 0.1) is 5.92 Å². The molecule has 1 amide bonds. The highest BCUT2D eigenvalue weighted by Gasteiger charge is 2.39. The SMILES string of the molecule is COc1ccc(OCCC(=O)N[C@H](CN2C[C@@H]3CC[C@H]2C3)[C@H](O)c2ccc3c(c2)OCCO3)cc1. The van der Waals surface area contributed by atoms with Gasteiger partial charge in [-0.25, -0.2) is 0 Å². The van der Waals surface area contributed by atoms with Gasteiger partial charge in [0.25, 0.3) is 0 Å². The highest BCUT2D eigenvalue weighted by molar-refractivity contribution is 5.76. The van der Waals surface area contributed by atoms with Crippen molar-refractivity contribution in [3.05, 3.63) is 48.0 Å². The smallest absolute Gasteiger partial charge is 0.223 e. The lowest BCUT2D eigenvalue weighted by atomic mass is 9.99. The zero-order valence-corrected chi connectivity index (χ0v) is 20.2. The van der Waals surface area contributed by atoms with Crippen LogP contribution in [0.1, 0.15) is 37.4 Å². The van der Waals surface area contributed by atoms with Gasteiger partial charge in [0.2, 0.25) is 5.91 Å². The molecular formula is C27H34N2O6. The van der Waals surface area contributed by atoms with Crippen LogP contribution in [0.25, 0.3) is 0 Å². The highest BCUT2D eigenvalue weighted by atomic mass is 16.6. The van der Waals surface area contributed by atoms with E-state index in [1.807, 2.05) is 42.5 Å². The first-order valence-corrected chi connectivity index (χ1v) is 12.5. The van der Waals surface area contributed by atoms with Crippen molar-refractivity contribution in [2.45, 2.75) is 43.9 Å². The number of methoxy groups -OCH3 is 1. The molecule has 0 unspecified atom stereocenters. The molecule has 1 saturated heterocycles. The predicted octanol–water partition coefficient (Wildman–Crippen LogP) is 2.94. The minimum atomic E-state index is -0.864. The number of nitrogens with zero attached hydrogens (tertiary/aromatic N) is 1. The van der Waals surface area contributed by atoms with Gasteiger partial charge >= 0.3 is 0 Å². The molecule has 4 atom stereocenters. The molecule has 1 saturated carbocycles. The fourth-order valence-electron chi connectivity index (χ4n) is 5.42. The van der Waals surface area contributed by atoms with Crippen LogP contribution in [0.4, 0.5) is 0 Å². The summed E-state index contributed by atoms with van der Waals surface area (Å²) in [5.74, 6) is 3.33. The van der Waals surface area contributed by atoms with Crippen molar-refractivity contribution in [3.63, 3.8) is 0 Å². The third kappa shape index (κ3) is 5.65. The third-order valence-electron chi connectivity index (χ3n) is 7.25. The van der Waals surface area contributed by atoms with Crippen molar-refractivity contribution in [3.8, 4) is 23.0 Å². The van der Waals surface area contributed by atoms with E-state index in [9.17, 15) is 9.90 Å². The van der Waals surface area contributed by atoms with E-state index in [1.165, 1.54) is 19.3 Å². The monoisotopic (exact) mass is 482 g/mol. The molecule has 35 heavy (non-hydrogen) atoms. The normalized spacial score (nSPS) is 22.5. The Morgan fingerprint density at radius 1 is 1.11 bits per heavy atom. The molecule has 2 fully saturated rings. The second kappa shape index (κ2) is 10.7. The lowest BCUT2D eigenvalue weighted by molar-refractivity contribution is -0.123. The maximum absolute atomic E-state index is 12.9. The van der Waals surface area contributed by atoms with E-state index in [2.05, 4.69) is 10.2 Å². The Morgan fingerprint density at radius 3 is 2.60 bits per heavy atom. The predicted molar refractivity (Wildman–Crippen MR) is 130 cm³/mol. The average molecular weight is 483 g/mol. The molecule has 1 aliphatic carbocycles. The molecule has 2 bridgehead atoms. The average Bonchev–Trinajstić information content (AvgIpc) is 3.51. The van der Waals surface area contributed by atoms with Crippen molar-refractivity contribution >= 4 is 5.91 Å². The molecule has 2 heterocycles. The minimum absolute atomic E-state index is 0.149. The van der Waals surface area contributed by atoms with Gasteiger partial charge in [-0.05, 0) is 67.1 Å². The second-order valence-electron chi connectivity index (χ2n) is 9.58. The number of aliphatic hydroxyl groups is 1. The summed E-state index contributed by atoms with van der Waals surface area (Å²) >= 11 is 0. The number of carbonyl (C=O) groups is 1. The zero-order valence-electron chi connectivity index (χ0n) is 20.2. The number of fused-ring (bicyclic) bond motifs is 3. The summed E-state index contributed by atoms with van der Waals surface area (Å²) < 4.78 is 22.2. The summed E-state index contributed by atoms with van der Waals surface area (Å²) in [7, 11) is 1.61. The Bertz CT molecular complexity index is 1010. The maximum atomic E-state index is 12.9. The molecule has 0 radical (unpaired) electrons. The first-order chi connectivity index (χ1) is 17.1. The summed E-state index contributed by atoms with van der Waals surface area (Å²) in [5.41, 5.74) is 0.707. The molecule has 2 N–H and O–H groups in total. The Balaban J connectivity index is 1.22. The van der Waals surface area contributed by atoms with E-state index in [0.717, 1.165) is 18.2 Å². The summed E-state index contributed by atoms with van der Waals surface area (Å²) in [5, 5.41) is 14.4. The molecule has 2 aliphatic heterocycles. The van der Waals surface area contributed by atoms with Gasteiger partial charge in [-0.15, -0.1) is 0 Å². The van der Waals surface area contributed by atoms with Crippen molar-refractivity contribution in [1.29, 1.82) is 0 Å². The standard InChI is InChI=1S/C27H34N2O6/c1-32-21-5-7-22(8-6-21)33-11-10-26(30)28-23(17-29-16-18-2-4-20(29)14-18)27(31)19-3-9-24-25(15-19)35-13-12-34-24/h3,5-9,15,18,20,23,27,31H,2,4,10-14,16-17H2,1H3,(H,28,30)/t18-,20+,23-,27-/m1/s1. The second-order valence-corrected chi connectivity index (χ2v) is 9.58. The first kappa shape index (κ1) is 23.8. The number of amides is 1. The van der Waals surface area contributed by atoms with Crippen molar-refractivity contribution < 1.29 is 28.8 Å². The van der Waals surface area contributed by atoms with Crippen molar-refractivity contribution in [1.82, 2.24) is 10.2 Å². The number of benzene rings is 2. The number of ether oxygens (including phenoxy) is 4. The zero-order chi connectivity index (χ0) is 24.2. The molecular weight excluding hydrogens is 448 g/mol. The first-order valence-electron chi connectivity index (χ1n) is 12.5. The van der Waals surface area contributed by atoms with Gasteiger partial charge in [0.1, 0.15) is 30.8 Å². The lowest BCUT2D eigenvalue weighted by Crippen LogP contribution is -2.49. The fraction of sp³-hybridized carbons (Fsp3) is 0.519. The molecule has 3 aliphatic rings. The van der Waals surface area contributed by atoms with Crippen LogP contribution in [-0.4, -0.2) is 68.0 Å². The van der Waals surface area contributed by atoms with Gasteiger partial charge < -0.3 is 29.4 Å². The summed E-state index contributed by atoms with van der Waals surface area (Å²) in [6.45, 7) is 2.90. The van der Waals surface area contributed by atoms with Gasteiger partial charge in [-0.2, -0.15) is 0 Å². The van der Waals surface area contributed by atoms with E-state index in [1.54, 1.807) is 7.11 Å². The molecule has 0 spiro atoms. The van der Waals surface area contributed by atoms with Gasteiger partial charge in [-0.3, -0.25) is 9.69 Å². The summed E-state index contributed by atoms with van der Waals surface area (Å²) in [6.07, 6.45) is 3.03. The van der Waals surface area contributed by atoms with Crippen LogP contribution in [0.15, 0.2) is 42.5 Å². The number of rotatable bonds is 10. The third-order valence-corrected chi connectivity index (χ3v) is 7.25. The van der Waals surface area contributed by atoms with E-state index in [4.69, 9.17) is 18.9 Å². The van der Waals surface area contributed by atoms with Crippen LogP contribution in [0.5, 0.6) is 23.0 Å². The van der Waals surface area contributed by atoms with E-state index in [0.29, 0.717) is 48.6 Å². The quantitative estimate of drug-likeness (QED) is 0.538. The van der Waals surface area contributed by atoms with Crippen LogP contribution < -0.4 is 24.3 Å². The number of carbonyl (C=O) groups excluding carboxylic acids is 1. The molecule has 2 aromatic carbocycles. The topological polar surface area (TPSA) is 89.5 Å². The van der Waals surface area contributed by atoms with Gasteiger partial charge in [-0.1, -0.05) is 6.07 Å². The Labute approximate surface area is 206 Å². The number of hydrogen-bond acceptors (Lipinski definition) is 7. The van der Waals surface area contributed by atoms with E-state index < -0.39 is 12.1 Å². The number of aliphatic hydroxyl groups excluding tert-OH is 1. The molecule has 188 valence electrons. The molecule has 8 heteroatoms. The lowest BCUT2D eigenvalue weighted by Gasteiger charge is -2.33. The van der Waals surface area contributed by atoms with Crippen LogP contribution in [0.2, 0.25) is 0 Å². The maximum Gasteiger partial charge on any atom is 0.223 e. The number of piperidine rings is 1. The van der Waals surface area contributed by atoms with Crippen LogP contribution in [-0.2, 0) is 4.79 Å². The van der Waals surface area contributed by atoms with E-state index >= 15 is 0 Å². The van der Waals surface area contributed by atoms with Gasteiger partial charge in [0, 0.05) is 19.1 Å². The van der Waals surface area contributed by atoms with E-state index in [-0.39, 0.29) is 18.9 Å². The van der Waals surface area contributed by atoms with Gasteiger partial charge in [0.15, 0.2) is 11.5 Å². The highest BCUT2D eigenvalue weighted by Crippen LogP contribution is 2.38. The number of nitrogens with one attached hydrogen (secondary N) is 1. The Hall–Kier alpha value is -2.97.